The molecule has 2 aromatic carbocycles. The maximum absolute atomic E-state index is 9.14. The van der Waals surface area contributed by atoms with E-state index in [1.54, 1.807) is 0 Å². The lowest BCUT2D eigenvalue weighted by atomic mass is 10.0. The summed E-state index contributed by atoms with van der Waals surface area (Å²) in [7, 11) is 0. The third kappa shape index (κ3) is 3.18. The zero-order valence-corrected chi connectivity index (χ0v) is 12.9. The van der Waals surface area contributed by atoms with Crippen LogP contribution in [0.25, 0.3) is 15.8 Å². The van der Waals surface area contributed by atoms with Crippen molar-refractivity contribution in [3.8, 4) is 6.07 Å². The molecule has 0 aromatic heterocycles. The Morgan fingerprint density at radius 1 is 1.21 bits per heavy atom. The lowest BCUT2D eigenvalue weighted by molar-refractivity contribution is 0.933. The molecule has 0 aliphatic heterocycles. The highest BCUT2D eigenvalue weighted by Gasteiger charge is 2.07. The quantitative estimate of drug-likeness (QED) is 0.643. The first-order valence-electron chi connectivity index (χ1n) is 6.14. The summed E-state index contributed by atoms with van der Waals surface area (Å²) in [6.45, 7) is 2.04. The van der Waals surface area contributed by atoms with Gasteiger partial charge in [0.05, 0.1) is 11.1 Å². The van der Waals surface area contributed by atoms with Crippen LogP contribution in [0.1, 0.15) is 25.3 Å². The first kappa shape index (κ1) is 14.1. The second kappa shape index (κ2) is 6.23. The lowest BCUT2D eigenvalue weighted by Crippen LogP contribution is -1.86. The second-order valence-corrected chi connectivity index (χ2v) is 5.65. The molecule has 0 spiro atoms. The molecule has 2 rings (SSSR count). The Hall–Kier alpha value is -1.30. The van der Waals surface area contributed by atoms with E-state index in [-0.39, 0.29) is 0 Å². The van der Waals surface area contributed by atoms with Crippen molar-refractivity contribution in [2.24, 2.45) is 0 Å². The molecule has 0 saturated carbocycles. The SMILES string of the molecule is CCC/C(C#N)=C(/Cl)c1ccc2cc(Br)ccc2c1. The van der Waals surface area contributed by atoms with Gasteiger partial charge in [0.2, 0.25) is 0 Å². The van der Waals surface area contributed by atoms with Crippen molar-refractivity contribution in [3.05, 3.63) is 52.0 Å². The number of hydrogen-bond acceptors (Lipinski definition) is 1. The lowest BCUT2D eigenvalue weighted by Gasteiger charge is -2.05. The number of halogens is 2. The third-order valence-corrected chi connectivity index (χ3v) is 3.90. The van der Waals surface area contributed by atoms with E-state index in [0.29, 0.717) is 17.0 Å². The van der Waals surface area contributed by atoms with Crippen LogP contribution in [-0.4, -0.2) is 0 Å². The fourth-order valence-corrected chi connectivity index (χ4v) is 2.63. The van der Waals surface area contributed by atoms with Crippen molar-refractivity contribution in [3.63, 3.8) is 0 Å². The van der Waals surface area contributed by atoms with Crippen molar-refractivity contribution in [2.75, 3.05) is 0 Å². The molecule has 0 heterocycles. The van der Waals surface area contributed by atoms with Crippen LogP contribution in [0.5, 0.6) is 0 Å². The molecule has 0 N–H and O–H groups in total. The minimum absolute atomic E-state index is 0.564. The summed E-state index contributed by atoms with van der Waals surface area (Å²) in [4.78, 5) is 0. The Kier molecular flexibility index (Phi) is 4.63. The molecule has 0 bridgehead atoms. The molecule has 0 aliphatic rings. The fourth-order valence-electron chi connectivity index (χ4n) is 1.99. The highest BCUT2D eigenvalue weighted by atomic mass is 79.9. The second-order valence-electron chi connectivity index (χ2n) is 4.36. The molecule has 0 amide bonds. The zero-order chi connectivity index (χ0) is 13.8. The van der Waals surface area contributed by atoms with E-state index in [0.717, 1.165) is 27.2 Å². The molecule has 2 aromatic rings. The average Bonchev–Trinajstić information content (AvgIpc) is 2.43. The van der Waals surface area contributed by atoms with Gasteiger partial charge in [-0.2, -0.15) is 5.26 Å². The molecule has 0 radical (unpaired) electrons. The van der Waals surface area contributed by atoms with E-state index < -0.39 is 0 Å². The molecule has 1 nitrogen and oxygen atoms in total. The van der Waals surface area contributed by atoms with Crippen LogP contribution in [0.3, 0.4) is 0 Å². The molecule has 0 unspecified atom stereocenters. The van der Waals surface area contributed by atoms with Crippen molar-refractivity contribution >= 4 is 43.3 Å². The van der Waals surface area contributed by atoms with Crippen molar-refractivity contribution < 1.29 is 0 Å². The van der Waals surface area contributed by atoms with Gasteiger partial charge in [0, 0.05) is 10.0 Å². The maximum Gasteiger partial charge on any atom is 0.0962 e. The first-order valence-corrected chi connectivity index (χ1v) is 7.31. The van der Waals surface area contributed by atoms with Crippen LogP contribution in [-0.2, 0) is 0 Å². The summed E-state index contributed by atoms with van der Waals surface area (Å²) in [5.41, 5.74) is 1.56. The first-order chi connectivity index (χ1) is 9.15. The molecule has 3 heteroatoms. The van der Waals surface area contributed by atoms with Gasteiger partial charge in [0.15, 0.2) is 0 Å². The smallest absolute Gasteiger partial charge is 0.0962 e. The van der Waals surface area contributed by atoms with Gasteiger partial charge in [-0.1, -0.05) is 59.1 Å². The minimum atomic E-state index is 0.564. The van der Waals surface area contributed by atoms with E-state index >= 15 is 0 Å². The van der Waals surface area contributed by atoms with E-state index in [1.165, 1.54) is 0 Å². The molecule has 0 atom stereocenters. The number of rotatable bonds is 3. The molecular weight excluding hydrogens is 322 g/mol. The monoisotopic (exact) mass is 333 g/mol. The normalized spacial score (nSPS) is 12.1. The van der Waals surface area contributed by atoms with Gasteiger partial charge in [0.1, 0.15) is 0 Å². The van der Waals surface area contributed by atoms with Crippen molar-refractivity contribution in [1.29, 1.82) is 5.26 Å². The summed E-state index contributed by atoms with van der Waals surface area (Å²) < 4.78 is 1.05. The van der Waals surface area contributed by atoms with Crippen LogP contribution in [0.4, 0.5) is 0 Å². The van der Waals surface area contributed by atoms with E-state index in [9.17, 15) is 0 Å². The van der Waals surface area contributed by atoms with Crippen LogP contribution >= 0.6 is 27.5 Å². The number of nitrogens with zero attached hydrogens (tertiary/aromatic N) is 1. The van der Waals surface area contributed by atoms with Crippen molar-refractivity contribution in [2.45, 2.75) is 19.8 Å². The van der Waals surface area contributed by atoms with Crippen LogP contribution in [0.15, 0.2) is 46.4 Å². The molecule has 0 fully saturated rings. The summed E-state index contributed by atoms with van der Waals surface area (Å²) in [6, 6.07) is 14.3. The van der Waals surface area contributed by atoms with Gasteiger partial charge < -0.3 is 0 Å². The molecular formula is C16H13BrClN. The third-order valence-electron chi connectivity index (χ3n) is 2.96. The predicted octanol–water partition coefficient (Wildman–Crippen LogP) is 5.88. The highest BCUT2D eigenvalue weighted by Crippen LogP contribution is 2.29. The molecule has 0 saturated heterocycles. The van der Waals surface area contributed by atoms with Gasteiger partial charge >= 0.3 is 0 Å². The number of allylic oxidation sites excluding steroid dienone is 1. The topological polar surface area (TPSA) is 23.8 Å². The van der Waals surface area contributed by atoms with Crippen molar-refractivity contribution in [1.82, 2.24) is 0 Å². The Labute approximate surface area is 126 Å². The van der Waals surface area contributed by atoms with E-state index in [2.05, 4.69) is 28.1 Å². The fraction of sp³-hybridized carbons (Fsp3) is 0.188. The molecule has 0 aliphatic carbocycles. The van der Waals surface area contributed by atoms with Gasteiger partial charge in [-0.15, -0.1) is 0 Å². The van der Waals surface area contributed by atoms with E-state index in [1.807, 2.05) is 37.3 Å². The Morgan fingerprint density at radius 2 is 1.89 bits per heavy atom. The van der Waals surface area contributed by atoms with Gasteiger partial charge in [-0.3, -0.25) is 0 Å². The summed E-state index contributed by atoms with van der Waals surface area (Å²) in [6.07, 6.45) is 1.63. The Morgan fingerprint density at radius 3 is 2.58 bits per heavy atom. The highest BCUT2D eigenvalue weighted by molar-refractivity contribution is 9.10. The number of benzene rings is 2. The van der Waals surface area contributed by atoms with Gasteiger partial charge in [-0.05, 0) is 41.0 Å². The molecule has 96 valence electrons. The number of hydrogen-bond donors (Lipinski definition) is 0. The predicted molar refractivity (Wildman–Crippen MR) is 84.9 cm³/mol. The van der Waals surface area contributed by atoms with Gasteiger partial charge in [-0.25, -0.2) is 0 Å². The van der Waals surface area contributed by atoms with Crippen LogP contribution in [0.2, 0.25) is 0 Å². The number of nitriles is 1. The summed E-state index contributed by atoms with van der Waals surface area (Å²) in [5, 5.41) is 12.0. The zero-order valence-electron chi connectivity index (χ0n) is 10.6. The summed E-state index contributed by atoms with van der Waals surface area (Å²) >= 11 is 9.79. The summed E-state index contributed by atoms with van der Waals surface area (Å²) in [5.74, 6) is 0. The van der Waals surface area contributed by atoms with Crippen LogP contribution in [0, 0.1) is 11.3 Å². The van der Waals surface area contributed by atoms with Gasteiger partial charge in [0.25, 0.3) is 0 Å². The largest absolute Gasteiger partial charge is 0.193 e. The van der Waals surface area contributed by atoms with Crippen LogP contribution < -0.4 is 0 Å². The number of fused-ring (bicyclic) bond motifs is 1. The standard InChI is InChI=1S/C16H13BrClN/c1-2-3-14(10-19)16(18)13-5-4-12-9-15(17)7-6-11(12)8-13/h4-9H,2-3H2,1H3/b16-14-. The Balaban J connectivity index is 2.52. The van der Waals surface area contributed by atoms with E-state index in [4.69, 9.17) is 16.9 Å². The Bertz CT molecular complexity index is 683. The minimum Gasteiger partial charge on any atom is -0.193 e. The maximum atomic E-state index is 9.14. The molecule has 19 heavy (non-hydrogen) atoms. The average molecular weight is 335 g/mol.